The topological polar surface area (TPSA) is 86.7 Å². The Bertz CT molecular complexity index is 372. The van der Waals surface area contributed by atoms with Crippen molar-refractivity contribution in [1.29, 1.82) is 0 Å². The number of imide groups is 1. The van der Waals surface area contributed by atoms with Crippen molar-refractivity contribution in [2.75, 3.05) is 6.54 Å². The average molecular weight is 284 g/mol. The number of hydrogen-bond acceptors (Lipinski definition) is 3. The van der Waals surface area contributed by atoms with Gasteiger partial charge in [0, 0.05) is 24.9 Å². The molecule has 0 atom stereocenters. The second-order valence-electron chi connectivity index (χ2n) is 5.52. The van der Waals surface area contributed by atoms with Gasteiger partial charge < -0.3 is 10.0 Å². The molecule has 20 heavy (non-hydrogen) atoms. The summed E-state index contributed by atoms with van der Waals surface area (Å²) in [5.41, 5.74) is -0.415. The second-order valence-corrected chi connectivity index (χ2v) is 5.52. The van der Waals surface area contributed by atoms with E-state index in [0.29, 0.717) is 19.4 Å². The fourth-order valence-corrected chi connectivity index (χ4v) is 1.60. The van der Waals surface area contributed by atoms with Gasteiger partial charge in [-0.25, -0.2) is 4.79 Å². The first-order valence-electron chi connectivity index (χ1n) is 6.62. The second kappa shape index (κ2) is 8.35. The number of hydrogen-bond donors (Lipinski definition) is 2. The van der Waals surface area contributed by atoms with Crippen molar-refractivity contribution in [2.45, 2.75) is 52.0 Å². The first-order chi connectivity index (χ1) is 9.18. The zero-order chi connectivity index (χ0) is 15.8. The van der Waals surface area contributed by atoms with Crippen LogP contribution in [-0.2, 0) is 9.59 Å². The summed E-state index contributed by atoms with van der Waals surface area (Å²) < 4.78 is 0. The Balaban J connectivity index is 4.25. The highest BCUT2D eigenvalue weighted by molar-refractivity contribution is 5.94. The minimum Gasteiger partial charge on any atom is -0.481 e. The summed E-state index contributed by atoms with van der Waals surface area (Å²) in [6, 6.07) is -0.458. The molecule has 0 fully saturated rings. The number of carboxylic acid groups (broad SMARTS) is 1. The minimum atomic E-state index is -0.883. The molecule has 0 spiro atoms. The number of carbonyl (C=O) groups is 3. The third-order valence-electron chi connectivity index (χ3n) is 2.66. The van der Waals surface area contributed by atoms with Crippen LogP contribution in [0.1, 0.15) is 46.5 Å². The van der Waals surface area contributed by atoms with Crippen molar-refractivity contribution < 1.29 is 19.5 Å². The van der Waals surface area contributed by atoms with Crippen LogP contribution in [0.2, 0.25) is 0 Å². The molecule has 114 valence electrons. The Morgan fingerprint density at radius 2 is 1.75 bits per heavy atom. The molecule has 0 aliphatic rings. The molecular formula is C14H24N2O4. The van der Waals surface area contributed by atoms with E-state index in [4.69, 9.17) is 5.11 Å². The van der Waals surface area contributed by atoms with Gasteiger partial charge in [-0.1, -0.05) is 6.08 Å². The number of nitrogens with one attached hydrogen (secondary N) is 1. The van der Waals surface area contributed by atoms with Crippen LogP contribution in [0.25, 0.3) is 0 Å². The molecule has 0 heterocycles. The Hall–Kier alpha value is -1.85. The molecule has 0 radical (unpaired) electrons. The van der Waals surface area contributed by atoms with E-state index in [1.165, 1.54) is 4.90 Å². The highest BCUT2D eigenvalue weighted by Crippen LogP contribution is 2.13. The van der Waals surface area contributed by atoms with Crippen molar-refractivity contribution in [3.05, 3.63) is 12.7 Å². The predicted octanol–water partition coefficient (Wildman–Crippen LogP) is 2.15. The van der Waals surface area contributed by atoms with Crippen molar-refractivity contribution >= 4 is 17.9 Å². The maximum absolute atomic E-state index is 12.0. The lowest BCUT2D eigenvalue weighted by Crippen LogP contribution is -2.51. The largest absolute Gasteiger partial charge is 0.481 e. The van der Waals surface area contributed by atoms with Gasteiger partial charge in [0.25, 0.3) is 0 Å². The monoisotopic (exact) mass is 284 g/mol. The molecule has 0 saturated carbocycles. The van der Waals surface area contributed by atoms with Gasteiger partial charge in [-0.15, -0.1) is 6.58 Å². The number of carbonyl (C=O) groups excluding carboxylic acids is 2. The van der Waals surface area contributed by atoms with Crippen LogP contribution in [0.5, 0.6) is 0 Å². The Kier molecular flexibility index (Phi) is 7.57. The molecule has 0 bridgehead atoms. The molecule has 0 aliphatic heterocycles. The predicted molar refractivity (Wildman–Crippen MR) is 76.3 cm³/mol. The molecule has 0 unspecified atom stereocenters. The van der Waals surface area contributed by atoms with Gasteiger partial charge >= 0.3 is 12.0 Å². The Labute approximate surface area is 119 Å². The molecular weight excluding hydrogens is 260 g/mol. The first kappa shape index (κ1) is 18.1. The highest BCUT2D eigenvalue weighted by Gasteiger charge is 2.26. The van der Waals surface area contributed by atoms with Crippen molar-refractivity contribution in [2.24, 2.45) is 0 Å². The summed E-state index contributed by atoms with van der Waals surface area (Å²) >= 11 is 0. The number of nitrogens with zero attached hydrogens (tertiary/aromatic N) is 1. The smallest absolute Gasteiger partial charge is 0.324 e. The number of amides is 3. The van der Waals surface area contributed by atoms with Gasteiger partial charge in [0.1, 0.15) is 0 Å². The number of urea groups is 1. The van der Waals surface area contributed by atoms with Gasteiger partial charge in [-0.2, -0.15) is 0 Å². The average Bonchev–Trinajstić information content (AvgIpc) is 2.29. The van der Waals surface area contributed by atoms with Crippen LogP contribution < -0.4 is 5.32 Å². The minimum absolute atomic E-state index is 0.0335. The number of carboxylic acids is 1. The van der Waals surface area contributed by atoms with E-state index >= 15 is 0 Å². The van der Waals surface area contributed by atoms with Crippen LogP contribution in [0, 0.1) is 0 Å². The van der Waals surface area contributed by atoms with Crippen LogP contribution in [0.4, 0.5) is 4.79 Å². The van der Waals surface area contributed by atoms with Crippen molar-refractivity contribution in [3.8, 4) is 0 Å². The van der Waals surface area contributed by atoms with Crippen molar-refractivity contribution in [3.63, 3.8) is 0 Å². The molecule has 0 aromatic heterocycles. The number of unbranched alkanes of at least 4 members (excludes halogenated alkanes) is 1. The molecule has 6 heteroatoms. The summed E-state index contributed by atoms with van der Waals surface area (Å²) in [7, 11) is 0. The van der Waals surface area contributed by atoms with E-state index in [0.717, 1.165) is 0 Å². The first-order valence-corrected chi connectivity index (χ1v) is 6.62. The van der Waals surface area contributed by atoms with E-state index in [-0.39, 0.29) is 12.8 Å². The zero-order valence-corrected chi connectivity index (χ0v) is 12.4. The summed E-state index contributed by atoms with van der Waals surface area (Å²) in [6.07, 6.45) is 2.65. The van der Waals surface area contributed by atoms with E-state index < -0.39 is 23.4 Å². The summed E-state index contributed by atoms with van der Waals surface area (Å²) in [4.78, 5) is 35.4. The third kappa shape index (κ3) is 7.56. The zero-order valence-electron chi connectivity index (χ0n) is 12.4. The normalized spacial score (nSPS) is 10.8. The lowest BCUT2D eigenvalue weighted by molar-refractivity contribution is -0.137. The van der Waals surface area contributed by atoms with Crippen LogP contribution in [-0.4, -0.2) is 40.0 Å². The van der Waals surface area contributed by atoms with Gasteiger partial charge in [0.15, 0.2) is 0 Å². The number of rotatable bonds is 7. The maximum atomic E-state index is 12.0. The molecule has 2 N–H and O–H groups in total. The third-order valence-corrected chi connectivity index (χ3v) is 2.66. The molecule has 0 aliphatic carbocycles. The highest BCUT2D eigenvalue weighted by atomic mass is 16.4. The molecule has 0 aromatic rings. The fourth-order valence-electron chi connectivity index (χ4n) is 1.60. The van der Waals surface area contributed by atoms with E-state index in [9.17, 15) is 14.4 Å². The van der Waals surface area contributed by atoms with Gasteiger partial charge in [0.2, 0.25) is 5.91 Å². The lowest BCUT2D eigenvalue weighted by atomic mass is 10.1. The number of aliphatic carboxylic acids is 1. The SMILES string of the molecule is C=CCN(C(=O)NC(=O)CCCCC(=O)O)C(C)(C)C. The molecule has 3 amide bonds. The van der Waals surface area contributed by atoms with E-state index in [1.807, 2.05) is 20.8 Å². The van der Waals surface area contributed by atoms with Gasteiger partial charge in [0.05, 0.1) is 0 Å². The van der Waals surface area contributed by atoms with Gasteiger partial charge in [-0.3, -0.25) is 14.9 Å². The van der Waals surface area contributed by atoms with Crippen molar-refractivity contribution in [1.82, 2.24) is 10.2 Å². The molecule has 6 nitrogen and oxygen atoms in total. The molecule has 0 saturated heterocycles. The maximum Gasteiger partial charge on any atom is 0.324 e. The molecule has 0 rings (SSSR count). The summed E-state index contributed by atoms with van der Waals surface area (Å²) in [6.45, 7) is 9.54. The Morgan fingerprint density at radius 3 is 2.20 bits per heavy atom. The lowest BCUT2D eigenvalue weighted by Gasteiger charge is -2.34. The fraction of sp³-hybridized carbons (Fsp3) is 0.643. The van der Waals surface area contributed by atoms with Gasteiger partial charge in [-0.05, 0) is 33.6 Å². The van der Waals surface area contributed by atoms with Crippen LogP contribution >= 0.6 is 0 Å². The standard InChI is InChI=1S/C14H24N2O4/c1-5-10-16(14(2,3)4)13(20)15-11(17)8-6-7-9-12(18)19/h5H,1,6-10H2,2-4H3,(H,18,19)(H,15,17,20). The summed E-state index contributed by atoms with van der Waals surface area (Å²) in [5, 5.41) is 10.8. The Morgan fingerprint density at radius 1 is 1.20 bits per heavy atom. The molecule has 0 aromatic carbocycles. The van der Waals surface area contributed by atoms with Crippen LogP contribution in [0.3, 0.4) is 0 Å². The van der Waals surface area contributed by atoms with E-state index in [2.05, 4.69) is 11.9 Å². The quantitative estimate of drug-likeness (QED) is 0.554. The van der Waals surface area contributed by atoms with Crippen LogP contribution in [0.15, 0.2) is 12.7 Å². The van der Waals surface area contributed by atoms with E-state index in [1.54, 1.807) is 6.08 Å². The summed E-state index contributed by atoms with van der Waals surface area (Å²) in [5.74, 6) is -1.27.